The Morgan fingerprint density at radius 1 is 1.25 bits per heavy atom. The van der Waals surface area contributed by atoms with Crippen molar-refractivity contribution in [1.29, 1.82) is 0 Å². The number of amides is 1. The van der Waals surface area contributed by atoms with E-state index in [4.69, 9.17) is 9.15 Å². The summed E-state index contributed by atoms with van der Waals surface area (Å²) in [4.78, 5) is 15.2. The molecule has 3 aromatic rings. The zero-order valence-electron chi connectivity index (χ0n) is 14.0. The summed E-state index contributed by atoms with van der Waals surface area (Å²) in [6.07, 6.45) is 0.875. The highest BCUT2D eigenvalue weighted by molar-refractivity contribution is 6.15. The second kappa shape index (κ2) is 5.41. The number of furan rings is 1. The monoisotopic (exact) mass is 321 g/mol. The van der Waals surface area contributed by atoms with E-state index in [0.717, 1.165) is 17.5 Å². The molecule has 0 spiro atoms. The predicted molar refractivity (Wildman–Crippen MR) is 93.9 cm³/mol. The molecule has 4 nitrogen and oxygen atoms in total. The lowest BCUT2D eigenvalue weighted by molar-refractivity contribution is 0.0981. The number of nitrogens with zero attached hydrogens (tertiary/aromatic N) is 1. The average Bonchev–Trinajstić information content (AvgIpc) is 3.08. The summed E-state index contributed by atoms with van der Waals surface area (Å²) >= 11 is 0. The Hall–Kier alpha value is -2.75. The predicted octanol–water partition coefficient (Wildman–Crippen LogP) is 4.34. The number of para-hydroxylation sites is 1. The minimum atomic E-state index is -0.0167. The van der Waals surface area contributed by atoms with Gasteiger partial charge in [0.2, 0.25) is 0 Å². The molecule has 1 aliphatic rings. The second-order valence-corrected chi connectivity index (χ2v) is 6.25. The van der Waals surface area contributed by atoms with E-state index in [-0.39, 0.29) is 11.9 Å². The molecule has 24 heavy (non-hydrogen) atoms. The largest absolute Gasteiger partial charge is 0.497 e. The zero-order chi connectivity index (χ0) is 16.8. The number of aryl methyl sites for hydroxylation is 1. The summed E-state index contributed by atoms with van der Waals surface area (Å²) in [6.45, 7) is 3.92. The van der Waals surface area contributed by atoms with Crippen LogP contribution in [0, 0.1) is 6.92 Å². The molecule has 4 heteroatoms. The van der Waals surface area contributed by atoms with Crippen LogP contribution in [0.5, 0.6) is 5.75 Å². The fourth-order valence-corrected chi connectivity index (χ4v) is 3.59. The number of benzene rings is 2. The van der Waals surface area contributed by atoms with E-state index in [2.05, 4.69) is 13.0 Å². The first-order valence-electron chi connectivity index (χ1n) is 8.08. The van der Waals surface area contributed by atoms with Gasteiger partial charge in [0.25, 0.3) is 5.91 Å². The summed E-state index contributed by atoms with van der Waals surface area (Å²) in [5.74, 6) is 1.34. The molecule has 1 amide bonds. The molecule has 1 unspecified atom stereocenters. The Labute approximate surface area is 140 Å². The van der Waals surface area contributed by atoms with E-state index in [1.54, 1.807) is 7.11 Å². The molecule has 0 radical (unpaired) electrons. The van der Waals surface area contributed by atoms with Crippen LogP contribution in [0.2, 0.25) is 0 Å². The lowest BCUT2D eigenvalue weighted by atomic mass is 10.1. The third kappa shape index (κ3) is 2.10. The first-order chi connectivity index (χ1) is 11.6. The highest BCUT2D eigenvalue weighted by atomic mass is 16.5. The van der Waals surface area contributed by atoms with Gasteiger partial charge in [0.1, 0.15) is 17.1 Å². The van der Waals surface area contributed by atoms with Gasteiger partial charge in [-0.05, 0) is 50.1 Å². The van der Waals surface area contributed by atoms with Crippen molar-refractivity contribution in [3.8, 4) is 5.75 Å². The number of fused-ring (bicyclic) bond motifs is 2. The van der Waals surface area contributed by atoms with Crippen molar-refractivity contribution in [1.82, 2.24) is 0 Å². The molecule has 0 saturated heterocycles. The van der Waals surface area contributed by atoms with Crippen LogP contribution < -0.4 is 9.64 Å². The van der Waals surface area contributed by atoms with E-state index in [1.165, 1.54) is 5.56 Å². The van der Waals surface area contributed by atoms with Crippen molar-refractivity contribution in [3.05, 3.63) is 59.4 Å². The lowest BCUT2D eigenvalue weighted by Gasteiger charge is -2.22. The van der Waals surface area contributed by atoms with Gasteiger partial charge in [-0.15, -0.1) is 0 Å². The van der Waals surface area contributed by atoms with Crippen LogP contribution in [-0.2, 0) is 6.42 Å². The molecule has 2 heterocycles. The van der Waals surface area contributed by atoms with Crippen molar-refractivity contribution in [2.24, 2.45) is 0 Å². The molecular weight excluding hydrogens is 302 g/mol. The van der Waals surface area contributed by atoms with Crippen molar-refractivity contribution >= 4 is 22.6 Å². The van der Waals surface area contributed by atoms with Crippen LogP contribution in [-0.4, -0.2) is 19.1 Å². The molecule has 0 bridgehead atoms. The van der Waals surface area contributed by atoms with Gasteiger partial charge in [0, 0.05) is 17.1 Å². The first kappa shape index (κ1) is 14.8. The summed E-state index contributed by atoms with van der Waals surface area (Å²) in [6, 6.07) is 13.8. The molecule has 2 aromatic carbocycles. The highest BCUT2D eigenvalue weighted by Gasteiger charge is 2.33. The molecule has 1 aromatic heterocycles. The maximum absolute atomic E-state index is 13.3. The Bertz CT molecular complexity index is 941. The minimum absolute atomic E-state index is 0.0167. The minimum Gasteiger partial charge on any atom is -0.497 e. The van der Waals surface area contributed by atoms with Crippen molar-refractivity contribution in [2.75, 3.05) is 12.0 Å². The maximum atomic E-state index is 13.3. The standard InChI is InChI=1S/C20H19NO3/c1-12-10-14-6-4-5-7-17(14)21(12)20(22)19-13(2)24-18-9-8-15(23-3)11-16(18)19/h4-9,11-12H,10H2,1-3H3. The van der Waals surface area contributed by atoms with Crippen LogP contribution in [0.15, 0.2) is 46.9 Å². The third-order valence-electron chi connectivity index (χ3n) is 4.71. The SMILES string of the molecule is COc1ccc2oc(C)c(C(=O)N3c4ccccc4CC3C)c2c1. The van der Waals surface area contributed by atoms with Crippen molar-refractivity contribution in [2.45, 2.75) is 26.3 Å². The molecule has 4 rings (SSSR count). The Balaban J connectivity index is 1.86. The zero-order valence-corrected chi connectivity index (χ0v) is 14.0. The van der Waals surface area contributed by atoms with Gasteiger partial charge < -0.3 is 14.1 Å². The number of carbonyl (C=O) groups is 1. The van der Waals surface area contributed by atoms with E-state index in [1.807, 2.05) is 48.2 Å². The molecule has 0 aliphatic carbocycles. The van der Waals surface area contributed by atoms with Crippen molar-refractivity contribution in [3.63, 3.8) is 0 Å². The normalized spacial score (nSPS) is 16.5. The quantitative estimate of drug-likeness (QED) is 0.705. The van der Waals surface area contributed by atoms with Crippen LogP contribution >= 0.6 is 0 Å². The second-order valence-electron chi connectivity index (χ2n) is 6.25. The summed E-state index contributed by atoms with van der Waals surface area (Å²) < 4.78 is 11.1. The fraction of sp³-hybridized carbons (Fsp3) is 0.250. The molecule has 122 valence electrons. The van der Waals surface area contributed by atoms with E-state index >= 15 is 0 Å². The number of ether oxygens (including phenoxy) is 1. The Morgan fingerprint density at radius 3 is 2.83 bits per heavy atom. The molecule has 0 N–H and O–H groups in total. The highest BCUT2D eigenvalue weighted by Crippen LogP contribution is 2.36. The number of carbonyl (C=O) groups excluding carboxylic acids is 1. The summed E-state index contributed by atoms with van der Waals surface area (Å²) in [5, 5.41) is 0.799. The third-order valence-corrected chi connectivity index (χ3v) is 4.71. The van der Waals surface area contributed by atoms with Gasteiger partial charge >= 0.3 is 0 Å². The summed E-state index contributed by atoms with van der Waals surface area (Å²) in [5.41, 5.74) is 3.53. The number of hydrogen-bond acceptors (Lipinski definition) is 3. The molecule has 1 atom stereocenters. The van der Waals surface area contributed by atoms with Gasteiger partial charge in [-0.1, -0.05) is 18.2 Å². The lowest BCUT2D eigenvalue weighted by Crippen LogP contribution is -2.35. The molecular formula is C20H19NO3. The van der Waals surface area contributed by atoms with Gasteiger partial charge in [-0.2, -0.15) is 0 Å². The molecule has 0 fully saturated rings. The van der Waals surface area contributed by atoms with Gasteiger partial charge in [0.05, 0.1) is 12.7 Å². The molecule has 0 saturated carbocycles. The molecule has 1 aliphatic heterocycles. The van der Waals surface area contributed by atoms with E-state index < -0.39 is 0 Å². The van der Waals surface area contributed by atoms with Gasteiger partial charge in [-0.3, -0.25) is 4.79 Å². The number of hydrogen-bond donors (Lipinski definition) is 0. The smallest absolute Gasteiger partial charge is 0.262 e. The topological polar surface area (TPSA) is 42.7 Å². The van der Waals surface area contributed by atoms with Crippen LogP contribution in [0.1, 0.15) is 28.6 Å². The van der Waals surface area contributed by atoms with Crippen LogP contribution in [0.25, 0.3) is 11.0 Å². The number of methoxy groups -OCH3 is 1. The number of anilines is 1. The number of rotatable bonds is 2. The average molecular weight is 321 g/mol. The van der Waals surface area contributed by atoms with Crippen molar-refractivity contribution < 1.29 is 13.9 Å². The van der Waals surface area contributed by atoms with E-state index in [9.17, 15) is 4.79 Å². The Kier molecular flexibility index (Phi) is 3.34. The van der Waals surface area contributed by atoms with Gasteiger partial charge in [-0.25, -0.2) is 0 Å². The first-order valence-corrected chi connectivity index (χ1v) is 8.08. The Morgan fingerprint density at radius 2 is 2.04 bits per heavy atom. The van der Waals surface area contributed by atoms with Gasteiger partial charge in [0.15, 0.2) is 0 Å². The maximum Gasteiger partial charge on any atom is 0.262 e. The fourth-order valence-electron chi connectivity index (χ4n) is 3.59. The van der Waals surface area contributed by atoms with Crippen LogP contribution in [0.3, 0.4) is 0 Å². The summed E-state index contributed by atoms with van der Waals surface area (Å²) in [7, 11) is 1.62. The van der Waals surface area contributed by atoms with Crippen LogP contribution in [0.4, 0.5) is 5.69 Å². The van der Waals surface area contributed by atoms with E-state index in [0.29, 0.717) is 22.7 Å².